The maximum atomic E-state index is 13.3. The Balaban J connectivity index is 1.51. The van der Waals surface area contributed by atoms with Crippen LogP contribution in [-0.2, 0) is 0 Å². The van der Waals surface area contributed by atoms with Crippen LogP contribution >= 0.6 is 0 Å². The molecule has 1 atom stereocenters. The fourth-order valence-electron chi connectivity index (χ4n) is 3.97. The van der Waals surface area contributed by atoms with Crippen LogP contribution in [0.1, 0.15) is 28.2 Å². The number of hydrogen-bond acceptors (Lipinski definition) is 2. The number of hydrogen-bond donors (Lipinski definition) is 1. The van der Waals surface area contributed by atoms with Gasteiger partial charge in [0.05, 0.1) is 5.56 Å². The molecule has 4 nitrogen and oxygen atoms in total. The molecule has 1 aromatic heterocycles. The Morgan fingerprint density at radius 2 is 1.79 bits per heavy atom. The molecule has 5 heteroatoms. The highest BCUT2D eigenvalue weighted by atomic mass is 19.1. The Morgan fingerprint density at radius 3 is 2.50 bits per heavy atom. The topological polar surface area (TPSA) is 37.3 Å². The normalized spacial score (nSPS) is 16.4. The summed E-state index contributed by atoms with van der Waals surface area (Å²) < 4.78 is 15.3. The molecule has 3 aromatic rings. The van der Waals surface area contributed by atoms with Crippen LogP contribution < -0.4 is 5.32 Å². The number of anilines is 1. The minimum Gasteiger partial charge on any atom is -0.380 e. The second-order valence-electron chi connectivity index (χ2n) is 7.34. The summed E-state index contributed by atoms with van der Waals surface area (Å²) in [6, 6.07) is 18.6. The first-order chi connectivity index (χ1) is 13.5. The first-order valence-corrected chi connectivity index (χ1v) is 9.58. The van der Waals surface area contributed by atoms with Gasteiger partial charge in [0.25, 0.3) is 5.91 Å². The molecule has 0 aliphatic carbocycles. The van der Waals surface area contributed by atoms with Crippen molar-refractivity contribution in [3.8, 4) is 5.69 Å². The zero-order valence-corrected chi connectivity index (χ0v) is 16.2. The van der Waals surface area contributed by atoms with E-state index >= 15 is 0 Å². The van der Waals surface area contributed by atoms with Crippen molar-refractivity contribution in [3.05, 3.63) is 83.4 Å². The molecule has 0 radical (unpaired) electrons. The Kier molecular flexibility index (Phi) is 4.90. The Morgan fingerprint density at radius 1 is 1.07 bits per heavy atom. The molecule has 0 bridgehead atoms. The van der Waals surface area contributed by atoms with Crippen molar-refractivity contribution in [2.75, 3.05) is 18.4 Å². The van der Waals surface area contributed by atoms with Crippen molar-refractivity contribution in [3.63, 3.8) is 0 Å². The lowest BCUT2D eigenvalue weighted by Crippen LogP contribution is -2.31. The molecule has 1 unspecified atom stereocenters. The van der Waals surface area contributed by atoms with Crippen molar-refractivity contribution < 1.29 is 9.18 Å². The van der Waals surface area contributed by atoms with Crippen molar-refractivity contribution in [1.29, 1.82) is 0 Å². The molecule has 1 aliphatic heterocycles. The summed E-state index contributed by atoms with van der Waals surface area (Å²) in [5, 5.41) is 3.50. The maximum Gasteiger partial charge on any atom is 0.255 e. The molecule has 28 heavy (non-hydrogen) atoms. The summed E-state index contributed by atoms with van der Waals surface area (Å²) >= 11 is 0. The van der Waals surface area contributed by atoms with Crippen LogP contribution in [0.3, 0.4) is 0 Å². The van der Waals surface area contributed by atoms with Gasteiger partial charge in [0.15, 0.2) is 0 Å². The maximum absolute atomic E-state index is 13.3. The molecule has 0 spiro atoms. The number of carbonyl (C=O) groups is 1. The van der Waals surface area contributed by atoms with Crippen molar-refractivity contribution >= 4 is 11.6 Å². The van der Waals surface area contributed by atoms with Gasteiger partial charge in [-0.1, -0.05) is 18.2 Å². The van der Waals surface area contributed by atoms with E-state index in [4.69, 9.17) is 0 Å². The van der Waals surface area contributed by atoms with E-state index in [1.807, 2.05) is 59.7 Å². The molecule has 4 rings (SSSR count). The number of rotatable bonds is 4. The van der Waals surface area contributed by atoms with E-state index in [0.717, 1.165) is 35.7 Å². The minimum absolute atomic E-state index is 0.0545. The predicted octanol–water partition coefficient (Wildman–Crippen LogP) is 4.56. The molecule has 1 amide bonds. The number of nitrogens with one attached hydrogen (secondary N) is 1. The second-order valence-corrected chi connectivity index (χ2v) is 7.34. The number of halogens is 1. The number of aromatic nitrogens is 1. The van der Waals surface area contributed by atoms with Crippen LogP contribution in [0.25, 0.3) is 5.69 Å². The average Bonchev–Trinajstić information content (AvgIpc) is 3.27. The van der Waals surface area contributed by atoms with E-state index in [9.17, 15) is 9.18 Å². The fourth-order valence-corrected chi connectivity index (χ4v) is 3.97. The second kappa shape index (κ2) is 7.50. The molecule has 1 saturated heterocycles. The van der Waals surface area contributed by atoms with Crippen LogP contribution in [0.5, 0.6) is 0 Å². The van der Waals surface area contributed by atoms with Crippen molar-refractivity contribution in [2.45, 2.75) is 26.3 Å². The first kappa shape index (κ1) is 18.3. The van der Waals surface area contributed by atoms with E-state index in [-0.39, 0.29) is 17.8 Å². The smallest absolute Gasteiger partial charge is 0.255 e. The molecule has 1 N–H and O–H groups in total. The third-order valence-electron chi connectivity index (χ3n) is 5.37. The monoisotopic (exact) mass is 377 g/mol. The third kappa shape index (κ3) is 3.52. The van der Waals surface area contributed by atoms with Crippen LogP contribution in [0.2, 0.25) is 0 Å². The van der Waals surface area contributed by atoms with Gasteiger partial charge in [-0.05, 0) is 62.7 Å². The molecular formula is C23H24FN3O. The molecular weight excluding hydrogens is 353 g/mol. The van der Waals surface area contributed by atoms with Gasteiger partial charge in [-0.25, -0.2) is 4.39 Å². The summed E-state index contributed by atoms with van der Waals surface area (Å²) in [7, 11) is 0. The molecule has 2 aromatic carbocycles. The molecule has 1 fully saturated rings. The van der Waals surface area contributed by atoms with E-state index in [2.05, 4.69) is 5.32 Å². The average molecular weight is 377 g/mol. The lowest BCUT2D eigenvalue weighted by Gasteiger charge is -2.18. The van der Waals surface area contributed by atoms with Crippen molar-refractivity contribution in [1.82, 2.24) is 9.47 Å². The third-order valence-corrected chi connectivity index (χ3v) is 5.37. The largest absolute Gasteiger partial charge is 0.380 e. The number of para-hydroxylation sites is 1. The number of likely N-dealkylation sites (tertiary alicyclic amines) is 1. The predicted molar refractivity (Wildman–Crippen MR) is 110 cm³/mol. The van der Waals surface area contributed by atoms with E-state index in [0.29, 0.717) is 12.1 Å². The number of carbonyl (C=O) groups excluding carboxylic acids is 1. The van der Waals surface area contributed by atoms with Gasteiger partial charge >= 0.3 is 0 Å². The van der Waals surface area contributed by atoms with E-state index in [1.54, 1.807) is 12.1 Å². The van der Waals surface area contributed by atoms with Crippen LogP contribution in [0.15, 0.2) is 60.7 Å². The summed E-state index contributed by atoms with van der Waals surface area (Å²) in [5.74, 6) is -0.213. The standard InChI is InChI=1S/C23H24FN3O/c1-16-14-22(17(2)27(16)21-10-8-18(24)9-11-21)23(28)26-13-12-20(15-26)25-19-6-4-3-5-7-19/h3-11,14,20,25H,12-13,15H2,1-2H3. The summed E-state index contributed by atoms with van der Waals surface area (Å²) in [4.78, 5) is 15.1. The zero-order chi connectivity index (χ0) is 19.7. The summed E-state index contributed by atoms with van der Waals surface area (Å²) in [5.41, 5.74) is 4.50. The molecule has 1 aliphatic rings. The molecule has 144 valence electrons. The molecule has 0 saturated carbocycles. The van der Waals surface area contributed by atoms with Gasteiger partial charge < -0.3 is 14.8 Å². The quantitative estimate of drug-likeness (QED) is 0.724. The van der Waals surface area contributed by atoms with Crippen LogP contribution in [0, 0.1) is 19.7 Å². The number of benzene rings is 2. The zero-order valence-electron chi connectivity index (χ0n) is 16.2. The molecule has 2 heterocycles. The highest BCUT2D eigenvalue weighted by Gasteiger charge is 2.29. The highest BCUT2D eigenvalue weighted by molar-refractivity contribution is 5.96. The fraction of sp³-hybridized carbons (Fsp3) is 0.261. The minimum atomic E-state index is -0.267. The number of aryl methyl sites for hydroxylation is 1. The van der Waals surface area contributed by atoms with E-state index < -0.39 is 0 Å². The lowest BCUT2D eigenvalue weighted by molar-refractivity contribution is 0.0791. The van der Waals surface area contributed by atoms with Gasteiger partial charge in [-0.3, -0.25) is 4.79 Å². The Bertz CT molecular complexity index is 979. The first-order valence-electron chi connectivity index (χ1n) is 9.58. The van der Waals surface area contributed by atoms with Gasteiger partial charge in [-0.2, -0.15) is 0 Å². The Hall–Kier alpha value is -3.08. The van der Waals surface area contributed by atoms with Crippen LogP contribution in [-0.4, -0.2) is 34.5 Å². The van der Waals surface area contributed by atoms with E-state index in [1.165, 1.54) is 12.1 Å². The van der Waals surface area contributed by atoms with Gasteiger partial charge in [0.1, 0.15) is 5.82 Å². The highest BCUT2D eigenvalue weighted by Crippen LogP contribution is 2.24. The number of nitrogens with zero attached hydrogens (tertiary/aromatic N) is 2. The summed E-state index contributed by atoms with van der Waals surface area (Å²) in [6.07, 6.45) is 0.928. The lowest BCUT2D eigenvalue weighted by atomic mass is 10.2. The van der Waals surface area contributed by atoms with Crippen LogP contribution in [0.4, 0.5) is 10.1 Å². The summed E-state index contributed by atoms with van der Waals surface area (Å²) in [6.45, 7) is 5.34. The van der Waals surface area contributed by atoms with Gasteiger partial charge in [0, 0.05) is 41.9 Å². The Labute approximate surface area is 164 Å². The van der Waals surface area contributed by atoms with Gasteiger partial charge in [-0.15, -0.1) is 0 Å². The SMILES string of the molecule is Cc1cc(C(=O)N2CCC(Nc3ccccc3)C2)c(C)n1-c1ccc(F)cc1. The van der Waals surface area contributed by atoms with Crippen molar-refractivity contribution in [2.24, 2.45) is 0 Å². The van der Waals surface area contributed by atoms with Gasteiger partial charge in [0.2, 0.25) is 0 Å². The number of amides is 1.